The van der Waals surface area contributed by atoms with Crippen molar-refractivity contribution >= 4 is 29.3 Å². The van der Waals surface area contributed by atoms with Gasteiger partial charge in [-0.25, -0.2) is 0 Å². The van der Waals surface area contributed by atoms with Crippen LogP contribution in [0.15, 0.2) is 48.6 Å². The number of benzene rings is 1. The van der Waals surface area contributed by atoms with Gasteiger partial charge in [0.05, 0.1) is 12.2 Å². The predicted octanol–water partition coefficient (Wildman–Crippen LogP) is 3.60. The molecule has 0 saturated heterocycles. The average molecular weight is 574 g/mol. The zero-order chi connectivity index (χ0) is 27.8. The Balaban J connectivity index is 1.63. The number of allylic oxidation sites excluding steroid dienone is 2. The highest BCUT2D eigenvalue weighted by molar-refractivity contribution is 7.99. The molecule has 1 saturated carbocycles. The Kier molecular flexibility index (Phi) is 15.2. The number of nitrogens with zero attached hydrogens (tertiary/aromatic N) is 1. The molecule has 0 heterocycles. The number of aliphatic hydroxyl groups is 3. The van der Waals surface area contributed by atoms with Gasteiger partial charge < -0.3 is 29.6 Å². The van der Waals surface area contributed by atoms with Gasteiger partial charge >= 0.3 is 5.97 Å². The average Bonchev–Trinajstić information content (AvgIpc) is 3.14. The third-order valence-electron chi connectivity index (χ3n) is 5.93. The number of hydrogen-bond acceptors (Lipinski definition) is 10. The molecule has 1 aromatic rings. The number of hydrogen-bond donors (Lipinski definition) is 3. The topological polar surface area (TPSA) is 149 Å². The van der Waals surface area contributed by atoms with Gasteiger partial charge in [0.2, 0.25) is 0 Å². The highest BCUT2D eigenvalue weighted by atomic mass is 35.5. The molecule has 0 bridgehead atoms. The number of carbonyl (C=O) groups is 1. The van der Waals surface area contributed by atoms with Crippen molar-refractivity contribution in [3.63, 3.8) is 0 Å². The fraction of sp³-hybridized carbons (Fsp3) is 0.577. The van der Waals surface area contributed by atoms with Gasteiger partial charge in [0.25, 0.3) is 5.09 Å². The van der Waals surface area contributed by atoms with Crippen LogP contribution >= 0.6 is 23.4 Å². The van der Waals surface area contributed by atoms with E-state index in [9.17, 15) is 30.2 Å². The van der Waals surface area contributed by atoms with E-state index in [2.05, 4.69) is 4.84 Å². The maximum Gasteiger partial charge on any atom is 0.305 e. The van der Waals surface area contributed by atoms with Gasteiger partial charge in [-0.15, -0.1) is 10.1 Å². The molecule has 212 valence electrons. The molecule has 2 rings (SSSR count). The Morgan fingerprint density at radius 1 is 1.24 bits per heavy atom. The summed E-state index contributed by atoms with van der Waals surface area (Å²) in [7, 11) is 0. The number of thioether (sulfide) groups is 1. The summed E-state index contributed by atoms with van der Waals surface area (Å²) in [5.41, 5.74) is 0. The molecule has 0 aromatic heterocycles. The second-order valence-corrected chi connectivity index (χ2v) is 10.5. The molecular weight excluding hydrogens is 538 g/mol. The fourth-order valence-corrected chi connectivity index (χ4v) is 4.83. The van der Waals surface area contributed by atoms with E-state index in [0.29, 0.717) is 41.5 Å². The molecule has 0 amide bonds. The first-order valence-electron chi connectivity index (χ1n) is 12.5. The summed E-state index contributed by atoms with van der Waals surface area (Å²) in [6, 6.07) is 6.88. The lowest BCUT2D eigenvalue weighted by atomic mass is 9.89. The summed E-state index contributed by atoms with van der Waals surface area (Å²) >= 11 is 7.33. The first kappa shape index (κ1) is 31.9. The minimum Gasteiger partial charge on any atom is -0.491 e. The van der Waals surface area contributed by atoms with E-state index in [-0.39, 0.29) is 50.5 Å². The number of unbranched alkanes of at least 4 members (excludes halogenated alkanes) is 1. The van der Waals surface area contributed by atoms with Gasteiger partial charge in [0, 0.05) is 35.3 Å². The van der Waals surface area contributed by atoms with Crippen LogP contribution in [0.2, 0.25) is 5.02 Å². The molecule has 1 aliphatic carbocycles. The lowest BCUT2D eigenvalue weighted by Gasteiger charge is -2.19. The SMILES string of the molecule is O=C(CCC/C=C\C[C@@H]1[C@@H](/C=C/[C@@H](O)COc2cccc(Cl)c2)[C@H](O)C[C@@H]1O)OCCSCCO[N+](=O)[O-]. The maximum absolute atomic E-state index is 11.8. The normalized spacial score (nSPS) is 22.1. The first-order valence-corrected chi connectivity index (χ1v) is 14.1. The van der Waals surface area contributed by atoms with Crippen LogP contribution in [0.3, 0.4) is 0 Å². The molecule has 12 heteroatoms. The standard InChI is InChI=1S/C26H36ClNO9S/c27-19-6-5-7-21(16-19)36-18-20(29)10-11-23-22(24(30)17-25(23)31)8-3-1-2-4-9-26(32)35-12-14-38-15-13-37-28(33)34/h1,3,5-7,10-11,16,20,22-25,29-31H,2,4,8-9,12-15,17-18H2/b3-1-,11-10+/t20-,22-,23-,24+,25-/m1/s1. The maximum atomic E-state index is 11.8. The predicted molar refractivity (Wildman–Crippen MR) is 145 cm³/mol. The molecule has 0 radical (unpaired) electrons. The van der Waals surface area contributed by atoms with E-state index in [1.165, 1.54) is 11.8 Å². The zero-order valence-corrected chi connectivity index (χ0v) is 22.7. The van der Waals surface area contributed by atoms with Gasteiger partial charge in [-0.2, -0.15) is 11.8 Å². The van der Waals surface area contributed by atoms with Gasteiger partial charge in [-0.05, 0) is 43.4 Å². The molecule has 0 unspecified atom stereocenters. The van der Waals surface area contributed by atoms with Crippen LogP contribution in [0.5, 0.6) is 5.75 Å². The Morgan fingerprint density at radius 2 is 2.03 bits per heavy atom. The molecule has 38 heavy (non-hydrogen) atoms. The Bertz CT molecular complexity index is 916. The minimum atomic E-state index is -0.879. The summed E-state index contributed by atoms with van der Waals surface area (Å²) in [4.78, 5) is 26.0. The molecule has 3 N–H and O–H groups in total. The molecule has 5 atom stereocenters. The van der Waals surface area contributed by atoms with Gasteiger partial charge in [-0.3, -0.25) is 4.79 Å². The second kappa shape index (κ2) is 18.1. The largest absolute Gasteiger partial charge is 0.491 e. The van der Waals surface area contributed by atoms with Gasteiger partial charge in [-0.1, -0.05) is 42.0 Å². The summed E-state index contributed by atoms with van der Waals surface area (Å²) in [5, 5.41) is 40.8. The van der Waals surface area contributed by atoms with Gasteiger partial charge in [0.1, 0.15) is 31.7 Å². The van der Waals surface area contributed by atoms with Crippen LogP contribution in [-0.2, 0) is 14.4 Å². The van der Waals surface area contributed by atoms with Crippen molar-refractivity contribution in [2.24, 2.45) is 11.8 Å². The van der Waals surface area contributed by atoms with E-state index in [0.717, 1.165) is 0 Å². The fourth-order valence-electron chi connectivity index (χ4n) is 4.05. The number of esters is 1. The van der Waals surface area contributed by atoms with Crippen molar-refractivity contribution in [3.8, 4) is 5.75 Å². The monoisotopic (exact) mass is 573 g/mol. The number of ether oxygens (including phenoxy) is 2. The van der Waals surface area contributed by atoms with Crippen LogP contribution in [0, 0.1) is 22.0 Å². The number of rotatable bonds is 18. The Labute approximate surface area is 231 Å². The molecule has 1 fully saturated rings. The lowest BCUT2D eigenvalue weighted by Crippen LogP contribution is -2.21. The van der Waals surface area contributed by atoms with E-state index >= 15 is 0 Å². The van der Waals surface area contributed by atoms with Crippen LogP contribution in [0.4, 0.5) is 0 Å². The van der Waals surface area contributed by atoms with Gasteiger partial charge in [0.15, 0.2) is 0 Å². The molecule has 1 aliphatic rings. The highest BCUT2D eigenvalue weighted by Crippen LogP contribution is 2.36. The lowest BCUT2D eigenvalue weighted by molar-refractivity contribution is -0.756. The summed E-state index contributed by atoms with van der Waals surface area (Å²) in [5.74, 6) is 0.772. The van der Waals surface area contributed by atoms with Crippen molar-refractivity contribution < 1.29 is 39.5 Å². The van der Waals surface area contributed by atoms with E-state index in [4.69, 9.17) is 21.1 Å². The molecule has 10 nitrogen and oxygen atoms in total. The Hall–Kier alpha value is -2.31. The van der Waals surface area contributed by atoms with Crippen LogP contribution in [0.1, 0.15) is 32.1 Å². The van der Waals surface area contributed by atoms with Crippen molar-refractivity contribution in [3.05, 3.63) is 63.7 Å². The number of aliphatic hydroxyl groups excluding tert-OH is 3. The first-order chi connectivity index (χ1) is 18.3. The van der Waals surface area contributed by atoms with Crippen molar-refractivity contribution in [1.29, 1.82) is 0 Å². The third kappa shape index (κ3) is 13.0. The summed E-state index contributed by atoms with van der Waals surface area (Å²) in [6.07, 6.45) is 7.40. The zero-order valence-electron chi connectivity index (χ0n) is 21.1. The van der Waals surface area contributed by atoms with Crippen molar-refractivity contribution in [2.75, 3.05) is 31.3 Å². The molecule has 0 aliphatic heterocycles. The highest BCUT2D eigenvalue weighted by Gasteiger charge is 2.39. The second-order valence-electron chi connectivity index (χ2n) is 8.82. The smallest absolute Gasteiger partial charge is 0.305 e. The molecule has 0 spiro atoms. The Morgan fingerprint density at radius 3 is 2.79 bits per heavy atom. The number of halogens is 1. The van der Waals surface area contributed by atoms with E-state index in [1.807, 2.05) is 12.2 Å². The van der Waals surface area contributed by atoms with Crippen LogP contribution in [0.25, 0.3) is 0 Å². The quantitative estimate of drug-likeness (QED) is 0.0781. The summed E-state index contributed by atoms with van der Waals surface area (Å²) in [6.45, 7) is 0.288. The van der Waals surface area contributed by atoms with E-state index in [1.54, 1.807) is 36.4 Å². The molecule has 1 aromatic carbocycles. The third-order valence-corrected chi connectivity index (χ3v) is 7.08. The number of carbonyl (C=O) groups excluding carboxylic acids is 1. The summed E-state index contributed by atoms with van der Waals surface area (Å²) < 4.78 is 10.7. The van der Waals surface area contributed by atoms with Crippen molar-refractivity contribution in [1.82, 2.24) is 0 Å². The van der Waals surface area contributed by atoms with Crippen molar-refractivity contribution in [2.45, 2.75) is 50.4 Å². The van der Waals surface area contributed by atoms with Crippen LogP contribution < -0.4 is 4.74 Å². The molecular formula is C26H36ClNO9S. The van der Waals surface area contributed by atoms with E-state index < -0.39 is 23.4 Å². The van der Waals surface area contributed by atoms with Crippen LogP contribution in [-0.4, -0.2) is 76.0 Å². The minimum absolute atomic E-state index is 0.00750.